The van der Waals surface area contributed by atoms with Gasteiger partial charge >= 0.3 is 0 Å². The fourth-order valence-corrected chi connectivity index (χ4v) is 2.44. The molecule has 0 aromatic heterocycles. The van der Waals surface area contributed by atoms with E-state index in [2.05, 4.69) is 38.1 Å². The van der Waals surface area contributed by atoms with E-state index in [-0.39, 0.29) is 11.7 Å². The molecule has 0 bridgehead atoms. The Labute approximate surface area is 120 Å². The molecule has 2 rings (SSSR count). The fraction of sp³-hybridized carbons (Fsp3) is 0.333. The van der Waals surface area contributed by atoms with Gasteiger partial charge in [0.25, 0.3) is 0 Å². The Balaban J connectivity index is 2.15. The second kappa shape index (κ2) is 6.67. The van der Waals surface area contributed by atoms with Gasteiger partial charge in [0.2, 0.25) is 0 Å². The normalized spacial score (nSPS) is 12.7. The first-order valence-corrected chi connectivity index (χ1v) is 7.14. The Hall–Kier alpha value is -1.67. The van der Waals surface area contributed by atoms with Crippen LogP contribution < -0.4 is 5.73 Å². The Bertz CT molecular complexity index is 546. The molecule has 0 aliphatic heterocycles. The topological polar surface area (TPSA) is 26.0 Å². The molecule has 1 atom stereocenters. The molecule has 0 aliphatic rings. The number of hydrogen-bond donors (Lipinski definition) is 1. The smallest absolute Gasteiger partial charge is 0.123 e. The molecule has 0 saturated heterocycles. The van der Waals surface area contributed by atoms with Crippen molar-refractivity contribution in [3.8, 4) is 0 Å². The summed E-state index contributed by atoms with van der Waals surface area (Å²) in [4.78, 5) is 0. The van der Waals surface area contributed by atoms with E-state index in [0.29, 0.717) is 12.5 Å². The summed E-state index contributed by atoms with van der Waals surface area (Å²) in [6.07, 6.45) is 0.773. The zero-order chi connectivity index (χ0) is 14.5. The Morgan fingerprint density at radius 1 is 1.00 bits per heavy atom. The minimum absolute atomic E-state index is 0.187. The molecule has 2 N–H and O–H groups in total. The van der Waals surface area contributed by atoms with Gasteiger partial charge in [-0.2, -0.15) is 0 Å². The zero-order valence-corrected chi connectivity index (χ0v) is 12.1. The highest BCUT2D eigenvalue weighted by Crippen LogP contribution is 2.23. The van der Waals surface area contributed by atoms with E-state index in [1.807, 2.05) is 6.07 Å². The largest absolute Gasteiger partial charge is 0.330 e. The number of nitrogens with two attached hydrogens (primary N) is 1. The molecular weight excluding hydrogens is 249 g/mol. The van der Waals surface area contributed by atoms with Crippen LogP contribution in [-0.2, 0) is 6.42 Å². The van der Waals surface area contributed by atoms with Crippen molar-refractivity contribution in [2.75, 3.05) is 6.54 Å². The van der Waals surface area contributed by atoms with Crippen LogP contribution in [0.1, 0.15) is 42.4 Å². The zero-order valence-electron chi connectivity index (χ0n) is 12.1. The molecule has 2 aromatic rings. The number of rotatable bonds is 5. The van der Waals surface area contributed by atoms with Crippen LogP contribution in [0.4, 0.5) is 4.39 Å². The van der Waals surface area contributed by atoms with Crippen molar-refractivity contribution < 1.29 is 4.39 Å². The van der Waals surface area contributed by atoms with Gasteiger partial charge in [-0.05, 0) is 47.7 Å². The molecule has 1 unspecified atom stereocenters. The summed E-state index contributed by atoms with van der Waals surface area (Å²) in [7, 11) is 0. The average Bonchev–Trinajstić information content (AvgIpc) is 2.45. The maximum Gasteiger partial charge on any atom is 0.123 e. The van der Waals surface area contributed by atoms with Gasteiger partial charge in [0, 0.05) is 5.92 Å². The molecule has 0 saturated carbocycles. The maximum absolute atomic E-state index is 13.2. The summed E-state index contributed by atoms with van der Waals surface area (Å²) < 4.78 is 13.2. The van der Waals surface area contributed by atoms with Crippen LogP contribution in [-0.4, -0.2) is 6.54 Å². The lowest BCUT2D eigenvalue weighted by molar-refractivity contribution is 0.621. The second-order valence-corrected chi connectivity index (χ2v) is 5.59. The molecule has 0 radical (unpaired) electrons. The molecule has 0 aliphatic carbocycles. The quantitative estimate of drug-likeness (QED) is 0.865. The van der Waals surface area contributed by atoms with Crippen LogP contribution in [0.3, 0.4) is 0 Å². The molecule has 0 spiro atoms. The predicted octanol–water partition coefficient (Wildman–Crippen LogP) is 4.23. The third-order valence-electron chi connectivity index (χ3n) is 3.73. The van der Waals surface area contributed by atoms with E-state index in [1.54, 1.807) is 12.1 Å². The first kappa shape index (κ1) is 14.7. The predicted molar refractivity (Wildman–Crippen MR) is 82.4 cm³/mol. The van der Waals surface area contributed by atoms with Gasteiger partial charge in [-0.1, -0.05) is 50.2 Å². The van der Waals surface area contributed by atoms with Gasteiger partial charge in [0.1, 0.15) is 5.82 Å². The first-order valence-electron chi connectivity index (χ1n) is 7.14. The Kier molecular flexibility index (Phi) is 4.91. The second-order valence-electron chi connectivity index (χ2n) is 5.59. The number of benzene rings is 2. The SMILES string of the molecule is CC(C)c1ccc(C(CN)Cc2cccc(F)c2)cc1. The van der Waals surface area contributed by atoms with Crippen LogP contribution in [0.25, 0.3) is 0 Å². The van der Waals surface area contributed by atoms with Crippen LogP contribution in [0.5, 0.6) is 0 Å². The number of halogens is 1. The molecule has 1 nitrogen and oxygen atoms in total. The van der Waals surface area contributed by atoms with E-state index in [1.165, 1.54) is 17.2 Å². The third kappa shape index (κ3) is 3.67. The van der Waals surface area contributed by atoms with Gasteiger partial charge in [-0.25, -0.2) is 4.39 Å². The standard InChI is InChI=1S/C18H22FN/c1-13(2)15-6-8-16(9-7-15)17(12-20)10-14-4-3-5-18(19)11-14/h3-9,11,13,17H,10,12,20H2,1-2H3. The monoisotopic (exact) mass is 271 g/mol. The summed E-state index contributed by atoms with van der Waals surface area (Å²) >= 11 is 0. The van der Waals surface area contributed by atoms with Crippen molar-refractivity contribution in [1.82, 2.24) is 0 Å². The van der Waals surface area contributed by atoms with Crippen molar-refractivity contribution in [2.24, 2.45) is 5.73 Å². The minimum atomic E-state index is -0.187. The first-order chi connectivity index (χ1) is 9.60. The fourth-order valence-electron chi connectivity index (χ4n) is 2.44. The van der Waals surface area contributed by atoms with E-state index < -0.39 is 0 Å². The summed E-state index contributed by atoms with van der Waals surface area (Å²) in [6.45, 7) is 4.93. The highest BCUT2D eigenvalue weighted by molar-refractivity contribution is 5.29. The Morgan fingerprint density at radius 3 is 2.20 bits per heavy atom. The summed E-state index contributed by atoms with van der Waals surface area (Å²) in [6, 6.07) is 15.4. The van der Waals surface area contributed by atoms with Gasteiger partial charge in [0.15, 0.2) is 0 Å². The van der Waals surface area contributed by atoms with Crippen molar-refractivity contribution >= 4 is 0 Å². The number of hydrogen-bond acceptors (Lipinski definition) is 1. The highest BCUT2D eigenvalue weighted by atomic mass is 19.1. The summed E-state index contributed by atoms with van der Waals surface area (Å²) in [5, 5.41) is 0. The minimum Gasteiger partial charge on any atom is -0.330 e. The lowest BCUT2D eigenvalue weighted by Gasteiger charge is -2.16. The van der Waals surface area contributed by atoms with Crippen molar-refractivity contribution in [1.29, 1.82) is 0 Å². The summed E-state index contributed by atoms with van der Waals surface area (Å²) in [5.74, 6) is 0.579. The molecule has 2 heteroatoms. The van der Waals surface area contributed by atoms with E-state index in [4.69, 9.17) is 5.73 Å². The lowest BCUT2D eigenvalue weighted by Crippen LogP contribution is -2.15. The van der Waals surface area contributed by atoms with Crippen molar-refractivity contribution in [3.63, 3.8) is 0 Å². The third-order valence-corrected chi connectivity index (χ3v) is 3.73. The Morgan fingerprint density at radius 2 is 1.65 bits per heavy atom. The molecule has 0 heterocycles. The molecule has 0 fully saturated rings. The molecule has 20 heavy (non-hydrogen) atoms. The van der Waals surface area contributed by atoms with Gasteiger partial charge in [0.05, 0.1) is 0 Å². The van der Waals surface area contributed by atoms with Gasteiger partial charge < -0.3 is 5.73 Å². The molecule has 0 amide bonds. The van der Waals surface area contributed by atoms with E-state index in [0.717, 1.165) is 12.0 Å². The maximum atomic E-state index is 13.2. The highest BCUT2D eigenvalue weighted by Gasteiger charge is 2.11. The molecular formula is C18H22FN. The van der Waals surface area contributed by atoms with E-state index >= 15 is 0 Å². The van der Waals surface area contributed by atoms with Crippen molar-refractivity contribution in [3.05, 3.63) is 71.0 Å². The van der Waals surface area contributed by atoms with Crippen LogP contribution in [0.2, 0.25) is 0 Å². The van der Waals surface area contributed by atoms with E-state index in [9.17, 15) is 4.39 Å². The van der Waals surface area contributed by atoms with Crippen LogP contribution in [0.15, 0.2) is 48.5 Å². The van der Waals surface area contributed by atoms with Crippen LogP contribution in [0, 0.1) is 5.82 Å². The summed E-state index contributed by atoms with van der Waals surface area (Å²) in [5.41, 5.74) is 9.44. The molecule has 2 aromatic carbocycles. The molecule has 106 valence electrons. The van der Waals surface area contributed by atoms with Gasteiger partial charge in [-0.3, -0.25) is 0 Å². The lowest BCUT2D eigenvalue weighted by atomic mass is 9.90. The van der Waals surface area contributed by atoms with Crippen LogP contribution >= 0.6 is 0 Å². The van der Waals surface area contributed by atoms with Gasteiger partial charge in [-0.15, -0.1) is 0 Å². The van der Waals surface area contributed by atoms with Crippen molar-refractivity contribution in [2.45, 2.75) is 32.1 Å². The average molecular weight is 271 g/mol.